The summed E-state index contributed by atoms with van der Waals surface area (Å²) >= 11 is 0. The van der Waals surface area contributed by atoms with Crippen LogP contribution < -0.4 is 5.73 Å². The molecule has 1 saturated heterocycles. The van der Waals surface area contributed by atoms with Gasteiger partial charge in [-0.15, -0.1) is 0 Å². The molecule has 1 aliphatic heterocycles. The van der Waals surface area contributed by atoms with E-state index in [1.54, 1.807) is 0 Å². The maximum Gasteiger partial charge on any atom is 0.0325 e. The fourth-order valence-corrected chi connectivity index (χ4v) is 3.27. The molecule has 18 heavy (non-hydrogen) atoms. The van der Waals surface area contributed by atoms with Crippen LogP contribution in [0.3, 0.4) is 0 Å². The minimum Gasteiger partial charge on any atom is -0.330 e. The van der Waals surface area contributed by atoms with E-state index in [1.807, 2.05) is 0 Å². The van der Waals surface area contributed by atoms with Crippen molar-refractivity contribution in [3.63, 3.8) is 0 Å². The van der Waals surface area contributed by atoms with E-state index in [4.69, 9.17) is 5.73 Å². The first kappa shape index (κ1) is 13.6. The van der Waals surface area contributed by atoms with Crippen LogP contribution in [0.25, 0.3) is 0 Å². The third-order valence-corrected chi connectivity index (χ3v) is 4.43. The fourth-order valence-electron chi connectivity index (χ4n) is 3.27. The largest absolute Gasteiger partial charge is 0.330 e. The predicted octanol–water partition coefficient (Wildman–Crippen LogP) is 3.03. The third kappa shape index (κ3) is 2.60. The van der Waals surface area contributed by atoms with Crippen LogP contribution in [-0.4, -0.2) is 24.0 Å². The molecule has 1 aliphatic rings. The van der Waals surface area contributed by atoms with E-state index in [0.29, 0.717) is 18.0 Å². The van der Waals surface area contributed by atoms with Gasteiger partial charge in [-0.1, -0.05) is 23.8 Å². The smallest absolute Gasteiger partial charge is 0.0325 e. The van der Waals surface area contributed by atoms with Crippen LogP contribution in [-0.2, 0) is 0 Å². The van der Waals surface area contributed by atoms with Crippen molar-refractivity contribution in [3.8, 4) is 0 Å². The molecule has 0 bridgehead atoms. The average Bonchev–Trinajstić information content (AvgIpc) is 2.73. The summed E-state index contributed by atoms with van der Waals surface area (Å²) < 4.78 is 0. The Kier molecular flexibility index (Phi) is 4.08. The molecule has 0 spiro atoms. The maximum absolute atomic E-state index is 5.82. The van der Waals surface area contributed by atoms with Crippen molar-refractivity contribution in [1.82, 2.24) is 4.90 Å². The molecule has 0 aromatic heterocycles. The maximum atomic E-state index is 5.82. The number of nitrogens with two attached hydrogens (primary N) is 1. The Morgan fingerprint density at radius 1 is 1.39 bits per heavy atom. The van der Waals surface area contributed by atoms with Crippen LogP contribution in [0.2, 0.25) is 0 Å². The lowest BCUT2D eigenvalue weighted by molar-refractivity contribution is 0.200. The second-order valence-electron chi connectivity index (χ2n) is 5.92. The number of rotatable bonds is 3. The van der Waals surface area contributed by atoms with E-state index >= 15 is 0 Å². The van der Waals surface area contributed by atoms with Gasteiger partial charge < -0.3 is 5.73 Å². The first-order chi connectivity index (χ1) is 8.52. The molecule has 3 atom stereocenters. The van der Waals surface area contributed by atoms with Crippen LogP contribution in [0.5, 0.6) is 0 Å². The van der Waals surface area contributed by atoms with Gasteiger partial charge >= 0.3 is 0 Å². The van der Waals surface area contributed by atoms with Gasteiger partial charge in [0, 0.05) is 18.6 Å². The summed E-state index contributed by atoms with van der Waals surface area (Å²) in [6.45, 7) is 11.0. The molecule has 2 heteroatoms. The minimum atomic E-state index is 0.497. The van der Waals surface area contributed by atoms with Crippen LogP contribution in [0.4, 0.5) is 0 Å². The van der Waals surface area contributed by atoms with Gasteiger partial charge in [0.15, 0.2) is 0 Å². The van der Waals surface area contributed by atoms with Crippen molar-refractivity contribution >= 4 is 0 Å². The topological polar surface area (TPSA) is 29.3 Å². The standard InChI is InChI=1S/C16H26N2/c1-11-5-6-12(2)16(7-11)14(4)18-10-15(9-17)8-13(18)3/h5-7,13-15H,8-10,17H2,1-4H3. The molecule has 2 N–H and O–H groups in total. The van der Waals surface area contributed by atoms with Gasteiger partial charge in [-0.25, -0.2) is 0 Å². The predicted molar refractivity (Wildman–Crippen MR) is 77.7 cm³/mol. The number of nitrogens with zero attached hydrogens (tertiary/aromatic N) is 1. The van der Waals surface area contributed by atoms with Gasteiger partial charge in [-0.05, 0) is 57.7 Å². The second kappa shape index (κ2) is 5.41. The fraction of sp³-hybridized carbons (Fsp3) is 0.625. The molecule has 0 amide bonds. The molecule has 1 aromatic carbocycles. The Balaban J connectivity index is 2.20. The lowest BCUT2D eigenvalue weighted by Gasteiger charge is -2.30. The molecule has 1 aromatic rings. The Morgan fingerprint density at radius 3 is 2.72 bits per heavy atom. The van der Waals surface area contributed by atoms with E-state index in [1.165, 1.54) is 23.1 Å². The van der Waals surface area contributed by atoms with Crippen LogP contribution in [0.1, 0.15) is 43.0 Å². The molecule has 1 heterocycles. The van der Waals surface area contributed by atoms with Crippen molar-refractivity contribution in [2.75, 3.05) is 13.1 Å². The Morgan fingerprint density at radius 2 is 2.11 bits per heavy atom. The van der Waals surface area contributed by atoms with Gasteiger partial charge in [-0.2, -0.15) is 0 Å². The summed E-state index contributed by atoms with van der Waals surface area (Å²) in [6, 6.07) is 7.91. The Bertz CT molecular complexity index is 414. The summed E-state index contributed by atoms with van der Waals surface area (Å²) in [7, 11) is 0. The van der Waals surface area contributed by atoms with Crippen LogP contribution in [0, 0.1) is 19.8 Å². The molecule has 1 fully saturated rings. The van der Waals surface area contributed by atoms with E-state index < -0.39 is 0 Å². The van der Waals surface area contributed by atoms with Gasteiger partial charge in [0.1, 0.15) is 0 Å². The highest BCUT2D eigenvalue weighted by Gasteiger charge is 2.32. The highest BCUT2D eigenvalue weighted by atomic mass is 15.2. The Labute approximate surface area is 111 Å². The molecule has 0 saturated carbocycles. The monoisotopic (exact) mass is 246 g/mol. The van der Waals surface area contributed by atoms with Crippen LogP contribution in [0.15, 0.2) is 18.2 Å². The lowest BCUT2D eigenvalue weighted by Crippen LogP contribution is -2.31. The summed E-state index contributed by atoms with van der Waals surface area (Å²) in [5.41, 5.74) is 10.0. The molecule has 0 radical (unpaired) electrons. The third-order valence-electron chi connectivity index (χ3n) is 4.43. The summed E-state index contributed by atoms with van der Waals surface area (Å²) in [4.78, 5) is 2.61. The second-order valence-corrected chi connectivity index (χ2v) is 5.92. The van der Waals surface area contributed by atoms with Crippen molar-refractivity contribution < 1.29 is 0 Å². The van der Waals surface area contributed by atoms with Gasteiger partial charge in [0.2, 0.25) is 0 Å². The number of aryl methyl sites for hydroxylation is 2. The molecular formula is C16H26N2. The SMILES string of the molecule is Cc1ccc(C)c(C(C)N2CC(CN)CC2C)c1. The summed E-state index contributed by atoms with van der Waals surface area (Å²) in [5, 5.41) is 0. The first-order valence-electron chi connectivity index (χ1n) is 7.06. The number of benzene rings is 1. The van der Waals surface area contributed by atoms with E-state index in [9.17, 15) is 0 Å². The minimum absolute atomic E-state index is 0.497. The quantitative estimate of drug-likeness (QED) is 0.888. The Hall–Kier alpha value is -0.860. The first-order valence-corrected chi connectivity index (χ1v) is 7.06. The summed E-state index contributed by atoms with van der Waals surface area (Å²) in [5.74, 6) is 0.674. The van der Waals surface area contributed by atoms with Crippen molar-refractivity contribution in [2.45, 2.75) is 46.2 Å². The number of hydrogen-bond acceptors (Lipinski definition) is 2. The molecule has 2 nitrogen and oxygen atoms in total. The van der Waals surface area contributed by atoms with E-state index in [2.05, 4.69) is 50.8 Å². The molecular weight excluding hydrogens is 220 g/mol. The number of hydrogen-bond donors (Lipinski definition) is 1. The zero-order valence-corrected chi connectivity index (χ0v) is 12.1. The molecule has 0 aliphatic carbocycles. The van der Waals surface area contributed by atoms with Crippen molar-refractivity contribution in [1.29, 1.82) is 0 Å². The normalized spacial score (nSPS) is 26.5. The van der Waals surface area contributed by atoms with Crippen LogP contribution >= 0.6 is 0 Å². The van der Waals surface area contributed by atoms with Gasteiger partial charge in [0.05, 0.1) is 0 Å². The van der Waals surface area contributed by atoms with Gasteiger partial charge in [-0.3, -0.25) is 4.90 Å². The van der Waals surface area contributed by atoms with Gasteiger partial charge in [0.25, 0.3) is 0 Å². The highest BCUT2D eigenvalue weighted by Crippen LogP contribution is 2.33. The van der Waals surface area contributed by atoms with Crippen molar-refractivity contribution in [2.24, 2.45) is 11.7 Å². The highest BCUT2D eigenvalue weighted by molar-refractivity contribution is 5.33. The zero-order chi connectivity index (χ0) is 13.3. The summed E-state index contributed by atoms with van der Waals surface area (Å²) in [6.07, 6.45) is 1.24. The van der Waals surface area contributed by atoms with Crippen molar-refractivity contribution in [3.05, 3.63) is 34.9 Å². The van der Waals surface area contributed by atoms with E-state index in [0.717, 1.165) is 13.1 Å². The lowest BCUT2D eigenvalue weighted by atomic mass is 9.98. The average molecular weight is 246 g/mol. The molecule has 2 rings (SSSR count). The molecule has 3 unspecified atom stereocenters. The zero-order valence-electron chi connectivity index (χ0n) is 12.1. The van der Waals surface area contributed by atoms with E-state index in [-0.39, 0.29) is 0 Å². The molecule has 100 valence electrons. The number of likely N-dealkylation sites (tertiary alicyclic amines) is 1.